The zero-order valence-corrected chi connectivity index (χ0v) is 20.8. The Morgan fingerprint density at radius 3 is 1.52 bits per heavy atom. The molecule has 0 aromatic heterocycles. The van der Waals surface area contributed by atoms with E-state index in [1.54, 1.807) is 0 Å². The zero-order valence-electron chi connectivity index (χ0n) is 11.6. The Morgan fingerprint density at radius 1 is 0.476 bits per heavy atom. The smallest absolute Gasteiger partial charge is 0.0600 e. The summed E-state index contributed by atoms with van der Waals surface area (Å²) in [4.78, 5) is 0. The fourth-order valence-corrected chi connectivity index (χ4v) is 13.1. The van der Waals surface area contributed by atoms with Crippen LogP contribution in [0.15, 0.2) is 0 Å². The summed E-state index contributed by atoms with van der Waals surface area (Å²) < 4.78 is 0. The number of rotatable bonds is 18. The molecule has 0 aromatic rings. The van der Waals surface area contributed by atoms with Crippen LogP contribution in [0, 0.1) is 0 Å². The van der Waals surface area contributed by atoms with Crippen molar-refractivity contribution in [1.82, 2.24) is 0 Å². The van der Waals surface area contributed by atoms with E-state index in [0.29, 0.717) is 0 Å². The minimum atomic E-state index is 0.922. The fourth-order valence-electron chi connectivity index (χ4n) is 0.813. The molecule has 0 heterocycles. The van der Waals surface area contributed by atoms with Crippen LogP contribution in [0.3, 0.4) is 0 Å². The van der Waals surface area contributed by atoms with Crippen LogP contribution in [-0.4, -0.2) is 56.2 Å². The highest BCUT2D eigenvalue weighted by atomic mass is 33.1. The molecule has 128 valence electrons. The number of hydrogen-bond acceptors (Lipinski definition) is 11. The second-order valence-corrected chi connectivity index (χ2v) is 16.3. The van der Waals surface area contributed by atoms with E-state index in [2.05, 4.69) is 37.0 Å². The Bertz CT molecular complexity index is 164. The number of thioether (sulfide) groups is 1. The first-order valence-corrected chi connectivity index (χ1v) is 18.6. The average Bonchev–Trinajstić information content (AvgIpc) is 2.50. The molecule has 0 saturated heterocycles. The van der Waals surface area contributed by atoms with E-state index in [1.165, 1.54) is 39.6 Å². The maximum absolute atomic E-state index is 4.19. The van der Waals surface area contributed by atoms with Gasteiger partial charge in [0.2, 0.25) is 0 Å². The van der Waals surface area contributed by atoms with Gasteiger partial charge in [-0.15, -0.1) is 0 Å². The Hall–Kier alpha value is 3.85. The van der Waals surface area contributed by atoms with Crippen molar-refractivity contribution in [3.05, 3.63) is 0 Å². The lowest BCUT2D eigenvalue weighted by Crippen LogP contribution is -1.88. The van der Waals surface area contributed by atoms with E-state index in [0.717, 1.165) is 16.6 Å². The Kier molecular flexibility index (Phi) is 28.2. The third-order valence-corrected chi connectivity index (χ3v) is 14.7. The van der Waals surface area contributed by atoms with Crippen LogP contribution in [0.2, 0.25) is 0 Å². The van der Waals surface area contributed by atoms with E-state index in [-0.39, 0.29) is 0 Å². The van der Waals surface area contributed by atoms with Crippen LogP contribution in [-0.2, 0) is 0 Å². The standard InChI is InChI=1S/C10H22S11/c11-1-2-14-20-10-21-18-8-7-16-15-5-3-13-4-6-17-19-9-12/h11-12H,1-10H2. The molecular weight excluding hydrogens is 473 g/mol. The van der Waals surface area contributed by atoms with Crippen molar-refractivity contribution in [2.75, 3.05) is 56.2 Å². The Morgan fingerprint density at radius 2 is 0.952 bits per heavy atom. The monoisotopic (exact) mass is 494 g/mol. The minimum absolute atomic E-state index is 0.922. The molecule has 0 aliphatic carbocycles. The second kappa shape index (κ2) is 23.9. The molecule has 0 aliphatic heterocycles. The van der Waals surface area contributed by atoms with E-state index < -0.39 is 0 Å². The zero-order chi connectivity index (χ0) is 15.4. The summed E-state index contributed by atoms with van der Waals surface area (Å²) in [5.41, 5.74) is 0. The van der Waals surface area contributed by atoms with Crippen LogP contribution in [0.1, 0.15) is 0 Å². The first-order chi connectivity index (χ1) is 10.4. The average molecular weight is 495 g/mol. The Balaban J connectivity index is 2.90. The van der Waals surface area contributed by atoms with Crippen molar-refractivity contribution in [3.63, 3.8) is 0 Å². The molecule has 0 unspecified atom stereocenters. The lowest BCUT2D eigenvalue weighted by molar-refractivity contribution is 1.50. The predicted molar refractivity (Wildman–Crippen MR) is 135 cm³/mol. The maximum Gasteiger partial charge on any atom is 0.0600 e. The molecule has 0 radical (unpaired) electrons. The highest BCUT2D eigenvalue weighted by Crippen LogP contribution is 2.33. The quantitative estimate of drug-likeness (QED) is 0.0884. The van der Waals surface area contributed by atoms with Crippen molar-refractivity contribution in [2.45, 2.75) is 0 Å². The fraction of sp³-hybridized carbons (Fsp3) is 1.00. The number of thiol groups is 2. The van der Waals surface area contributed by atoms with Gasteiger partial charge in [0, 0.05) is 51.1 Å². The number of hydrogen-bond donors (Lipinski definition) is 2. The molecule has 0 aliphatic rings. The molecule has 0 aromatic carbocycles. The summed E-state index contributed by atoms with van der Waals surface area (Å²) in [6.45, 7) is 0. The normalized spacial score (nSPS) is 11.1. The summed E-state index contributed by atoms with van der Waals surface area (Å²) in [6, 6.07) is 0. The SMILES string of the molecule is SCCSSCSSCCSSCCSCCSSCS. The summed E-state index contributed by atoms with van der Waals surface area (Å²) in [6.07, 6.45) is 0. The van der Waals surface area contributed by atoms with Gasteiger partial charge in [0.05, 0.1) is 5.08 Å². The lowest BCUT2D eigenvalue weighted by Gasteiger charge is -2.02. The third kappa shape index (κ3) is 23.9. The molecule has 0 spiro atoms. The summed E-state index contributed by atoms with van der Waals surface area (Å²) in [5, 5.41) is 2.10. The van der Waals surface area contributed by atoms with Gasteiger partial charge in [0.15, 0.2) is 0 Å². The molecule has 0 rings (SSSR count). The molecule has 0 N–H and O–H groups in total. The molecule has 0 saturated carbocycles. The summed E-state index contributed by atoms with van der Waals surface area (Å²) in [5.74, 6) is 9.71. The topological polar surface area (TPSA) is 0 Å². The van der Waals surface area contributed by atoms with Gasteiger partial charge in [-0.1, -0.05) is 86.4 Å². The molecule has 21 heavy (non-hydrogen) atoms. The molecule has 11 heteroatoms. The maximum atomic E-state index is 4.19. The van der Waals surface area contributed by atoms with Crippen LogP contribution < -0.4 is 0 Å². The first kappa shape index (κ1) is 24.8. The van der Waals surface area contributed by atoms with Crippen LogP contribution >= 0.6 is 123 Å². The summed E-state index contributed by atoms with van der Waals surface area (Å²) in [7, 11) is 15.7. The van der Waals surface area contributed by atoms with E-state index in [1.807, 2.05) is 86.4 Å². The van der Waals surface area contributed by atoms with Crippen molar-refractivity contribution in [1.29, 1.82) is 0 Å². The van der Waals surface area contributed by atoms with Gasteiger partial charge < -0.3 is 0 Å². The van der Waals surface area contributed by atoms with Crippen molar-refractivity contribution in [2.24, 2.45) is 0 Å². The molecule has 0 fully saturated rings. The first-order valence-electron chi connectivity index (χ1n) is 6.19. The van der Waals surface area contributed by atoms with Gasteiger partial charge in [0.25, 0.3) is 0 Å². The predicted octanol–water partition coefficient (Wildman–Crippen LogP) is 7.02. The second-order valence-electron chi connectivity index (χ2n) is 3.05. The highest BCUT2D eigenvalue weighted by molar-refractivity contribution is 8.85. The third-order valence-electron chi connectivity index (χ3n) is 1.53. The molecule has 0 nitrogen and oxygen atoms in total. The molecule has 0 amide bonds. The van der Waals surface area contributed by atoms with Crippen LogP contribution in [0.4, 0.5) is 0 Å². The van der Waals surface area contributed by atoms with Gasteiger partial charge in [-0.2, -0.15) is 37.0 Å². The van der Waals surface area contributed by atoms with Gasteiger partial charge in [-0.25, -0.2) is 0 Å². The van der Waals surface area contributed by atoms with Crippen molar-refractivity contribution >= 4 is 123 Å². The van der Waals surface area contributed by atoms with Gasteiger partial charge in [-0.05, 0) is 0 Å². The minimum Gasteiger partial charge on any atom is -0.178 e. The van der Waals surface area contributed by atoms with Crippen molar-refractivity contribution < 1.29 is 0 Å². The van der Waals surface area contributed by atoms with Gasteiger partial charge >= 0.3 is 0 Å². The Labute approximate surface area is 177 Å². The molecule has 0 bridgehead atoms. The van der Waals surface area contributed by atoms with E-state index >= 15 is 0 Å². The van der Waals surface area contributed by atoms with Crippen molar-refractivity contribution in [3.8, 4) is 0 Å². The van der Waals surface area contributed by atoms with E-state index in [9.17, 15) is 0 Å². The largest absolute Gasteiger partial charge is 0.178 e. The highest BCUT2D eigenvalue weighted by Gasteiger charge is 1.95. The molecular formula is C10H22S11. The van der Waals surface area contributed by atoms with E-state index in [4.69, 9.17) is 0 Å². The van der Waals surface area contributed by atoms with Gasteiger partial charge in [0.1, 0.15) is 0 Å². The summed E-state index contributed by atoms with van der Waals surface area (Å²) >= 11 is 10.4. The lowest BCUT2D eigenvalue weighted by atomic mass is 10.9. The van der Waals surface area contributed by atoms with Crippen LogP contribution in [0.5, 0.6) is 0 Å². The molecule has 0 atom stereocenters. The van der Waals surface area contributed by atoms with Crippen LogP contribution in [0.25, 0.3) is 0 Å². The van der Waals surface area contributed by atoms with Gasteiger partial charge in [-0.3, -0.25) is 0 Å².